The zero-order valence-electron chi connectivity index (χ0n) is 11.1. The number of carbonyl (C=O) groups is 1. The van der Waals surface area contributed by atoms with Crippen molar-refractivity contribution in [3.63, 3.8) is 0 Å². The van der Waals surface area contributed by atoms with E-state index in [4.69, 9.17) is 0 Å². The molecular formula is C14H15F4NO2. The SMILES string of the molecule is O=C(NC1CCC(O)CC1)c1ccc(F)c(C(F)(F)F)c1. The van der Waals surface area contributed by atoms with Gasteiger partial charge in [-0.25, -0.2) is 4.39 Å². The van der Waals surface area contributed by atoms with Crippen molar-refractivity contribution in [2.75, 3.05) is 0 Å². The van der Waals surface area contributed by atoms with E-state index in [1.54, 1.807) is 0 Å². The van der Waals surface area contributed by atoms with E-state index in [2.05, 4.69) is 5.32 Å². The topological polar surface area (TPSA) is 49.3 Å². The number of halogens is 4. The molecule has 0 spiro atoms. The first-order chi connectivity index (χ1) is 9.77. The zero-order valence-corrected chi connectivity index (χ0v) is 11.1. The molecule has 1 aliphatic carbocycles. The Balaban J connectivity index is 2.09. The molecule has 1 aromatic rings. The van der Waals surface area contributed by atoms with Crippen LogP contribution in [0.15, 0.2) is 18.2 Å². The van der Waals surface area contributed by atoms with Gasteiger partial charge in [0.05, 0.1) is 11.7 Å². The highest BCUT2D eigenvalue weighted by molar-refractivity contribution is 5.94. The van der Waals surface area contributed by atoms with Gasteiger partial charge in [0.15, 0.2) is 0 Å². The van der Waals surface area contributed by atoms with Crippen LogP contribution in [0.4, 0.5) is 17.6 Å². The third-order valence-electron chi connectivity index (χ3n) is 3.57. The van der Waals surface area contributed by atoms with Crippen molar-refractivity contribution in [3.05, 3.63) is 35.1 Å². The summed E-state index contributed by atoms with van der Waals surface area (Å²) in [5.74, 6) is -2.07. The summed E-state index contributed by atoms with van der Waals surface area (Å²) in [6.07, 6.45) is -3.00. The monoisotopic (exact) mass is 305 g/mol. The summed E-state index contributed by atoms with van der Waals surface area (Å²) < 4.78 is 50.9. The maximum atomic E-state index is 13.2. The minimum atomic E-state index is -4.84. The molecule has 21 heavy (non-hydrogen) atoms. The van der Waals surface area contributed by atoms with Gasteiger partial charge in [-0.05, 0) is 43.9 Å². The van der Waals surface area contributed by atoms with Gasteiger partial charge >= 0.3 is 6.18 Å². The minimum absolute atomic E-state index is 0.180. The third kappa shape index (κ3) is 3.93. The Hall–Kier alpha value is -1.63. The molecule has 0 bridgehead atoms. The van der Waals surface area contributed by atoms with Crippen LogP contribution in [0.25, 0.3) is 0 Å². The highest BCUT2D eigenvalue weighted by atomic mass is 19.4. The molecule has 1 aliphatic rings. The molecule has 2 rings (SSSR count). The van der Waals surface area contributed by atoms with Crippen molar-refractivity contribution < 1.29 is 27.5 Å². The highest BCUT2D eigenvalue weighted by Crippen LogP contribution is 2.32. The number of hydrogen-bond acceptors (Lipinski definition) is 2. The Bertz CT molecular complexity index is 522. The van der Waals surface area contributed by atoms with E-state index < -0.39 is 23.5 Å². The number of nitrogens with one attached hydrogen (secondary N) is 1. The Kier molecular flexibility index (Phi) is 4.51. The smallest absolute Gasteiger partial charge is 0.393 e. The van der Waals surface area contributed by atoms with Gasteiger partial charge in [0, 0.05) is 11.6 Å². The minimum Gasteiger partial charge on any atom is -0.393 e. The fraction of sp³-hybridized carbons (Fsp3) is 0.500. The standard InChI is InChI=1S/C14H15F4NO2/c15-12-6-1-8(7-11(12)14(16,17)18)13(21)19-9-2-4-10(20)5-3-9/h1,6-7,9-10,20H,2-5H2,(H,19,21). The van der Waals surface area contributed by atoms with E-state index in [9.17, 15) is 27.5 Å². The molecule has 7 heteroatoms. The molecule has 0 unspecified atom stereocenters. The summed E-state index contributed by atoms with van der Waals surface area (Å²) in [4.78, 5) is 11.9. The first-order valence-corrected chi connectivity index (χ1v) is 6.63. The zero-order chi connectivity index (χ0) is 15.6. The largest absolute Gasteiger partial charge is 0.419 e. The summed E-state index contributed by atoms with van der Waals surface area (Å²) in [7, 11) is 0. The maximum Gasteiger partial charge on any atom is 0.419 e. The number of aliphatic hydroxyl groups is 1. The van der Waals surface area contributed by atoms with Gasteiger partial charge in [0.2, 0.25) is 0 Å². The summed E-state index contributed by atoms with van der Waals surface area (Å²) >= 11 is 0. The lowest BCUT2D eigenvalue weighted by Gasteiger charge is -2.26. The van der Waals surface area contributed by atoms with Gasteiger partial charge < -0.3 is 10.4 Å². The van der Waals surface area contributed by atoms with Crippen LogP contribution in [-0.2, 0) is 6.18 Å². The number of amides is 1. The van der Waals surface area contributed by atoms with Crippen molar-refractivity contribution in [2.45, 2.75) is 44.0 Å². The van der Waals surface area contributed by atoms with Gasteiger partial charge in [-0.3, -0.25) is 4.79 Å². The second-order valence-corrected chi connectivity index (χ2v) is 5.17. The molecule has 0 aromatic heterocycles. The Morgan fingerprint density at radius 1 is 1.19 bits per heavy atom. The molecule has 0 saturated heterocycles. The predicted molar refractivity (Wildman–Crippen MR) is 67.1 cm³/mol. The van der Waals surface area contributed by atoms with Crippen molar-refractivity contribution in [2.24, 2.45) is 0 Å². The van der Waals surface area contributed by atoms with Gasteiger partial charge in [-0.15, -0.1) is 0 Å². The number of aliphatic hydroxyl groups excluding tert-OH is 1. The van der Waals surface area contributed by atoms with Crippen LogP contribution < -0.4 is 5.32 Å². The maximum absolute atomic E-state index is 13.2. The van der Waals surface area contributed by atoms with Gasteiger partial charge in [0.25, 0.3) is 5.91 Å². The average Bonchev–Trinajstić information content (AvgIpc) is 2.40. The summed E-state index contributed by atoms with van der Waals surface area (Å²) in [6.45, 7) is 0. The first-order valence-electron chi connectivity index (χ1n) is 6.63. The van der Waals surface area contributed by atoms with E-state index >= 15 is 0 Å². The molecule has 1 fully saturated rings. The summed E-state index contributed by atoms with van der Waals surface area (Å²) in [5, 5.41) is 12.0. The molecule has 116 valence electrons. The quantitative estimate of drug-likeness (QED) is 0.826. The molecule has 0 aliphatic heterocycles. The first kappa shape index (κ1) is 15.8. The van der Waals surface area contributed by atoms with E-state index in [0.29, 0.717) is 37.8 Å². The van der Waals surface area contributed by atoms with Crippen molar-refractivity contribution >= 4 is 5.91 Å². The lowest BCUT2D eigenvalue weighted by molar-refractivity contribution is -0.140. The van der Waals surface area contributed by atoms with E-state index in [1.807, 2.05) is 0 Å². The highest BCUT2D eigenvalue weighted by Gasteiger charge is 2.34. The molecule has 1 amide bonds. The second-order valence-electron chi connectivity index (χ2n) is 5.17. The lowest BCUT2D eigenvalue weighted by Crippen LogP contribution is -2.38. The van der Waals surface area contributed by atoms with E-state index in [-0.39, 0.29) is 17.7 Å². The summed E-state index contributed by atoms with van der Waals surface area (Å²) in [6, 6.07) is 2.00. The van der Waals surface area contributed by atoms with Gasteiger partial charge in [-0.2, -0.15) is 13.2 Å². The van der Waals surface area contributed by atoms with Crippen LogP contribution in [0.5, 0.6) is 0 Å². The molecule has 1 saturated carbocycles. The molecule has 0 atom stereocenters. The number of carbonyl (C=O) groups excluding carboxylic acids is 1. The van der Waals surface area contributed by atoms with E-state index in [1.165, 1.54) is 0 Å². The number of rotatable bonds is 2. The predicted octanol–water partition coefficient (Wildman–Crippen LogP) is 2.88. The third-order valence-corrected chi connectivity index (χ3v) is 3.57. The van der Waals surface area contributed by atoms with Crippen LogP contribution in [0.1, 0.15) is 41.6 Å². The van der Waals surface area contributed by atoms with Crippen LogP contribution in [0, 0.1) is 5.82 Å². The second kappa shape index (κ2) is 6.01. The summed E-state index contributed by atoms with van der Waals surface area (Å²) in [5.41, 5.74) is -1.68. The number of alkyl halides is 3. The fourth-order valence-corrected chi connectivity index (χ4v) is 2.37. The number of hydrogen-bond donors (Lipinski definition) is 2. The van der Waals surface area contributed by atoms with Crippen LogP contribution in [0.2, 0.25) is 0 Å². The van der Waals surface area contributed by atoms with Crippen molar-refractivity contribution in [1.82, 2.24) is 5.32 Å². The Morgan fingerprint density at radius 3 is 2.38 bits per heavy atom. The Morgan fingerprint density at radius 2 is 1.81 bits per heavy atom. The fourth-order valence-electron chi connectivity index (χ4n) is 2.37. The van der Waals surface area contributed by atoms with Crippen molar-refractivity contribution in [3.8, 4) is 0 Å². The average molecular weight is 305 g/mol. The molecule has 1 aromatic carbocycles. The van der Waals surface area contributed by atoms with Crippen molar-refractivity contribution in [1.29, 1.82) is 0 Å². The Labute approximate surface area is 119 Å². The molecule has 2 N–H and O–H groups in total. The van der Waals surface area contributed by atoms with Gasteiger partial charge in [0.1, 0.15) is 5.82 Å². The molecule has 0 heterocycles. The normalized spacial score (nSPS) is 22.9. The molecule has 3 nitrogen and oxygen atoms in total. The van der Waals surface area contributed by atoms with Crippen LogP contribution in [-0.4, -0.2) is 23.2 Å². The lowest BCUT2D eigenvalue weighted by atomic mass is 9.93. The van der Waals surface area contributed by atoms with Crippen LogP contribution in [0.3, 0.4) is 0 Å². The number of benzene rings is 1. The molecular weight excluding hydrogens is 290 g/mol. The van der Waals surface area contributed by atoms with Gasteiger partial charge in [-0.1, -0.05) is 0 Å². The van der Waals surface area contributed by atoms with E-state index in [0.717, 1.165) is 6.07 Å². The molecule has 0 radical (unpaired) electrons. The van der Waals surface area contributed by atoms with Crippen LogP contribution >= 0.6 is 0 Å².